The number of benzene rings is 1. The number of carbonyl (C=O) groups is 1. The third-order valence-corrected chi connectivity index (χ3v) is 3.93. The van der Waals surface area contributed by atoms with Crippen LogP contribution in [0.4, 0.5) is 0 Å². The minimum Gasteiger partial charge on any atom is -0.345 e. The molecule has 0 radical (unpaired) electrons. The number of H-pyrrole nitrogens is 1. The normalized spacial score (nSPS) is 10.9. The Morgan fingerprint density at radius 3 is 2.75 bits per heavy atom. The van der Waals surface area contributed by atoms with Crippen molar-refractivity contribution < 1.29 is 4.79 Å². The van der Waals surface area contributed by atoms with Gasteiger partial charge in [-0.2, -0.15) is 0 Å². The SMILES string of the molecule is Cc1cc(C(=O)c2c[nH]c3nccc(Cl)c23)ccc1Cl. The molecule has 0 saturated carbocycles. The predicted molar refractivity (Wildman–Crippen MR) is 80.7 cm³/mol. The molecule has 0 aliphatic heterocycles. The summed E-state index contributed by atoms with van der Waals surface area (Å²) in [6.45, 7) is 1.86. The fourth-order valence-corrected chi connectivity index (χ4v) is 2.50. The van der Waals surface area contributed by atoms with Gasteiger partial charge in [-0.05, 0) is 36.8 Å². The number of nitrogens with zero attached hydrogens (tertiary/aromatic N) is 1. The van der Waals surface area contributed by atoms with Crippen LogP contribution < -0.4 is 0 Å². The lowest BCUT2D eigenvalue weighted by Crippen LogP contribution is -2.01. The quantitative estimate of drug-likeness (QED) is 0.713. The molecule has 100 valence electrons. The monoisotopic (exact) mass is 304 g/mol. The second-order valence-corrected chi connectivity index (χ2v) is 5.33. The van der Waals surface area contributed by atoms with Crippen LogP contribution in [0.5, 0.6) is 0 Å². The zero-order valence-corrected chi connectivity index (χ0v) is 12.1. The van der Waals surface area contributed by atoms with Crippen molar-refractivity contribution >= 4 is 40.0 Å². The largest absolute Gasteiger partial charge is 0.345 e. The van der Waals surface area contributed by atoms with Crippen LogP contribution in [0.15, 0.2) is 36.7 Å². The maximum absolute atomic E-state index is 12.6. The standard InChI is InChI=1S/C15H10Cl2N2O/c1-8-6-9(2-3-11(8)16)14(20)10-7-19-15-13(10)12(17)4-5-18-15/h2-7H,1H3,(H,18,19). The van der Waals surface area contributed by atoms with Gasteiger partial charge >= 0.3 is 0 Å². The van der Waals surface area contributed by atoms with Crippen LogP contribution in [0, 0.1) is 6.92 Å². The number of pyridine rings is 1. The number of aryl methyl sites for hydroxylation is 1. The average Bonchev–Trinajstić information content (AvgIpc) is 2.86. The van der Waals surface area contributed by atoms with Crippen LogP contribution in [-0.4, -0.2) is 15.8 Å². The Bertz CT molecular complexity index is 824. The molecule has 0 spiro atoms. The molecular formula is C15H10Cl2N2O. The van der Waals surface area contributed by atoms with Crippen LogP contribution in [0.2, 0.25) is 10.0 Å². The van der Waals surface area contributed by atoms with Crippen molar-refractivity contribution in [3.8, 4) is 0 Å². The molecule has 2 aromatic heterocycles. The minimum atomic E-state index is -0.106. The Labute approximate surface area is 125 Å². The zero-order valence-electron chi connectivity index (χ0n) is 10.6. The van der Waals surface area contributed by atoms with Crippen LogP contribution in [0.3, 0.4) is 0 Å². The molecular weight excluding hydrogens is 295 g/mol. The Balaban J connectivity index is 2.15. The summed E-state index contributed by atoms with van der Waals surface area (Å²) < 4.78 is 0. The maximum atomic E-state index is 12.6. The molecule has 5 heteroatoms. The van der Waals surface area contributed by atoms with Crippen LogP contribution in [-0.2, 0) is 0 Å². The van der Waals surface area contributed by atoms with Crippen LogP contribution >= 0.6 is 23.2 Å². The summed E-state index contributed by atoms with van der Waals surface area (Å²) in [6, 6.07) is 6.87. The number of halogens is 2. The molecule has 0 bridgehead atoms. The molecule has 0 fully saturated rings. The Morgan fingerprint density at radius 2 is 2.00 bits per heavy atom. The zero-order chi connectivity index (χ0) is 14.3. The van der Waals surface area contributed by atoms with Gasteiger partial charge in [0.25, 0.3) is 0 Å². The van der Waals surface area contributed by atoms with Crippen molar-refractivity contribution in [2.45, 2.75) is 6.92 Å². The first-order chi connectivity index (χ1) is 9.58. The summed E-state index contributed by atoms with van der Waals surface area (Å²) in [6.07, 6.45) is 3.23. The lowest BCUT2D eigenvalue weighted by Gasteiger charge is -2.03. The van der Waals surface area contributed by atoms with Gasteiger partial charge in [-0.15, -0.1) is 0 Å². The van der Waals surface area contributed by atoms with Crippen molar-refractivity contribution in [1.82, 2.24) is 9.97 Å². The molecule has 0 atom stereocenters. The second kappa shape index (κ2) is 4.93. The van der Waals surface area contributed by atoms with Gasteiger partial charge in [-0.25, -0.2) is 4.98 Å². The summed E-state index contributed by atoms with van der Waals surface area (Å²) in [5.74, 6) is -0.106. The second-order valence-electron chi connectivity index (χ2n) is 4.51. The van der Waals surface area contributed by atoms with Crippen LogP contribution in [0.25, 0.3) is 11.0 Å². The lowest BCUT2D eigenvalue weighted by atomic mass is 10.0. The molecule has 2 heterocycles. The number of carbonyl (C=O) groups excluding carboxylic acids is 1. The van der Waals surface area contributed by atoms with E-state index in [1.165, 1.54) is 0 Å². The lowest BCUT2D eigenvalue weighted by molar-refractivity contribution is 0.104. The molecule has 1 N–H and O–H groups in total. The predicted octanol–water partition coefficient (Wildman–Crippen LogP) is 4.41. The van der Waals surface area contributed by atoms with Crippen LogP contribution in [0.1, 0.15) is 21.5 Å². The van der Waals surface area contributed by atoms with Crippen molar-refractivity contribution in [2.24, 2.45) is 0 Å². The van der Waals surface area contributed by atoms with Gasteiger partial charge in [0, 0.05) is 28.4 Å². The fourth-order valence-electron chi connectivity index (χ4n) is 2.14. The summed E-state index contributed by atoms with van der Waals surface area (Å²) in [5.41, 5.74) is 2.56. The molecule has 0 aliphatic rings. The van der Waals surface area contributed by atoms with E-state index in [1.807, 2.05) is 6.92 Å². The third-order valence-electron chi connectivity index (χ3n) is 3.19. The van der Waals surface area contributed by atoms with Gasteiger partial charge in [-0.1, -0.05) is 23.2 Å². The summed E-state index contributed by atoms with van der Waals surface area (Å²) >= 11 is 12.1. The first kappa shape index (κ1) is 13.2. The number of ketones is 1. The Morgan fingerprint density at radius 1 is 1.20 bits per heavy atom. The van der Waals surface area contributed by atoms with Gasteiger partial charge in [0.2, 0.25) is 0 Å². The van der Waals surface area contributed by atoms with E-state index in [0.717, 1.165) is 5.56 Å². The number of hydrogen-bond donors (Lipinski definition) is 1. The molecule has 1 aromatic carbocycles. The Kier molecular flexibility index (Phi) is 3.24. The topological polar surface area (TPSA) is 45.8 Å². The average molecular weight is 305 g/mol. The number of rotatable bonds is 2. The fraction of sp³-hybridized carbons (Fsp3) is 0.0667. The molecule has 3 aromatic rings. The molecule has 0 amide bonds. The number of nitrogens with one attached hydrogen (secondary N) is 1. The van der Waals surface area contributed by atoms with Crippen molar-refractivity contribution in [3.63, 3.8) is 0 Å². The summed E-state index contributed by atoms with van der Waals surface area (Å²) in [7, 11) is 0. The maximum Gasteiger partial charge on any atom is 0.195 e. The van der Waals surface area contributed by atoms with Crippen molar-refractivity contribution in [2.75, 3.05) is 0 Å². The number of aromatic nitrogens is 2. The summed E-state index contributed by atoms with van der Waals surface area (Å²) in [4.78, 5) is 19.7. The van der Waals surface area contributed by atoms with E-state index < -0.39 is 0 Å². The van der Waals surface area contributed by atoms with E-state index in [-0.39, 0.29) is 5.78 Å². The number of fused-ring (bicyclic) bond motifs is 1. The molecule has 0 saturated heterocycles. The Hall–Kier alpha value is -1.84. The smallest absolute Gasteiger partial charge is 0.195 e. The van der Waals surface area contributed by atoms with E-state index in [2.05, 4.69) is 9.97 Å². The highest BCUT2D eigenvalue weighted by molar-refractivity contribution is 6.37. The number of hydrogen-bond acceptors (Lipinski definition) is 2. The molecule has 3 nitrogen and oxygen atoms in total. The van der Waals surface area contributed by atoms with Gasteiger partial charge in [0.05, 0.1) is 10.6 Å². The first-order valence-electron chi connectivity index (χ1n) is 6.00. The molecule has 0 aliphatic carbocycles. The first-order valence-corrected chi connectivity index (χ1v) is 6.76. The van der Waals surface area contributed by atoms with Crippen molar-refractivity contribution in [1.29, 1.82) is 0 Å². The minimum absolute atomic E-state index is 0.106. The van der Waals surface area contributed by atoms with Gasteiger partial charge < -0.3 is 4.98 Å². The highest BCUT2D eigenvalue weighted by Crippen LogP contribution is 2.27. The van der Waals surface area contributed by atoms with E-state index in [4.69, 9.17) is 23.2 Å². The van der Waals surface area contributed by atoms with E-state index in [9.17, 15) is 4.79 Å². The number of aromatic amines is 1. The molecule has 0 unspecified atom stereocenters. The summed E-state index contributed by atoms with van der Waals surface area (Å²) in [5, 5.41) is 1.79. The molecule has 3 rings (SSSR count). The van der Waals surface area contributed by atoms with Gasteiger partial charge in [-0.3, -0.25) is 4.79 Å². The van der Waals surface area contributed by atoms with Gasteiger partial charge in [0.15, 0.2) is 5.78 Å². The van der Waals surface area contributed by atoms with Crippen molar-refractivity contribution in [3.05, 3.63) is 63.4 Å². The third kappa shape index (κ3) is 2.09. The van der Waals surface area contributed by atoms with Gasteiger partial charge in [0.1, 0.15) is 5.65 Å². The highest BCUT2D eigenvalue weighted by Gasteiger charge is 2.17. The molecule has 20 heavy (non-hydrogen) atoms. The van der Waals surface area contributed by atoms with E-state index in [1.54, 1.807) is 36.7 Å². The highest BCUT2D eigenvalue weighted by atomic mass is 35.5. The van der Waals surface area contributed by atoms with E-state index in [0.29, 0.717) is 32.2 Å². The van der Waals surface area contributed by atoms with E-state index >= 15 is 0 Å².